The molecular weight excluding hydrogens is 186 g/mol. The molecule has 3 rings (SSSR count). The first-order valence-corrected chi connectivity index (χ1v) is 6.55. The minimum absolute atomic E-state index is 0.442. The fourth-order valence-electron chi connectivity index (χ4n) is 2.86. The molecule has 0 aromatic carbocycles. The second-order valence-electron chi connectivity index (χ2n) is 6.27. The standard InChI is InChI=1S/C13H23NO/c1-13(8-15-9-13)7-14-6-12(10-2-3-10)11-4-5-11/h10-12,14H,2-9H2,1H3. The Labute approximate surface area is 92.8 Å². The lowest BCUT2D eigenvalue weighted by molar-refractivity contribution is -0.0993. The number of hydrogen-bond donors (Lipinski definition) is 1. The molecule has 3 fully saturated rings. The van der Waals surface area contributed by atoms with Crippen LogP contribution in [0, 0.1) is 23.2 Å². The van der Waals surface area contributed by atoms with Crippen molar-refractivity contribution >= 4 is 0 Å². The highest BCUT2D eigenvalue weighted by Gasteiger charge is 2.41. The third-order valence-corrected chi connectivity index (χ3v) is 4.29. The van der Waals surface area contributed by atoms with Crippen molar-refractivity contribution in [1.29, 1.82) is 0 Å². The van der Waals surface area contributed by atoms with Gasteiger partial charge in [0.25, 0.3) is 0 Å². The van der Waals surface area contributed by atoms with E-state index in [9.17, 15) is 0 Å². The van der Waals surface area contributed by atoms with E-state index in [1.54, 1.807) is 0 Å². The second-order valence-corrected chi connectivity index (χ2v) is 6.27. The molecule has 2 nitrogen and oxygen atoms in total. The maximum absolute atomic E-state index is 5.27. The average Bonchev–Trinajstić information content (AvgIpc) is 3.00. The van der Waals surface area contributed by atoms with Gasteiger partial charge in [0.15, 0.2) is 0 Å². The molecule has 2 saturated carbocycles. The molecule has 86 valence electrons. The van der Waals surface area contributed by atoms with Gasteiger partial charge < -0.3 is 10.1 Å². The molecule has 1 heterocycles. The molecule has 2 heteroatoms. The Balaban J connectivity index is 1.40. The van der Waals surface area contributed by atoms with Crippen LogP contribution in [-0.2, 0) is 4.74 Å². The summed E-state index contributed by atoms with van der Waals surface area (Å²) in [7, 11) is 0. The lowest BCUT2D eigenvalue weighted by atomic mass is 9.88. The van der Waals surface area contributed by atoms with Crippen molar-refractivity contribution in [3.63, 3.8) is 0 Å². The van der Waals surface area contributed by atoms with E-state index in [0.717, 1.165) is 37.5 Å². The molecule has 0 spiro atoms. The SMILES string of the molecule is CC1(CNCC(C2CC2)C2CC2)COC1. The van der Waals surface area contributed by atoms with Gasteiger partial charge in [-0.2, -0.15) is 0 Å². The maximum atomic E-state index is 5.27. The molecule has 0 aromatic rings. The summed E-state index contributed by atoms with van der Waals surface area (Å²) in [5, 5.41) is 3.69. The van der Waals surface area contributed by atoms with Crippen LogP contribution in [0.2, 0.25) is 0 Å². The smallest absolute Gasteiger partial charge is 0.0554 e. The van der Waals surface area contributed by atoms with Crippen molar-refractivity contribution in [2.45, 2.75) is 32.6 Å². The molecular formula is C13H23NO. The van der Waals surface area contributed by atoms with Gasteiger partial charge in [-0.3, -0.25) is 0 Å². The molecule has 15 heavy (non-hydrogen) atoms. The first kappa shape index (κ1) is 10.1. The van der Waals surface area contributed by atoms with Crippen LogP contribution in [-0.4, -0.2) is 26.3 Å². The van der Waals surface area contributed by atoms with Crippen LogP contribution in [0.15, 0.2) is 0 Å². The third-order valence-electron chi connectivity index (χ3n) is 4.29. The van der Waals surface area contributed by atoms with E-state index in [1.807, 2.05) is 0 Å². The quantitative estimate of drug-likeness (QED) is 0.723. The Morgan fingerprint density at radius 2 is 1.80 bits per heavy atom. The minimum atomic E-state index is 0.442. The summed E-state index contributed by atoms with van der Waals surface area (Å²) in [6.07, 6.45) is 6.01. The molecule has 0 amide bonds. The zero-order valence-corrected chi connectivity index (χ0v) is 9.80. The minimum Gasteiger partial charge on any atom is -0.380 e. The second kappa shape index (κ2) is 3.74. The van der Waals surface area contributed by atoms with E-state index < -0.39 is 0 Å². The van der Waals surface area contributed by atoms with E-state index in [-0.39, 0.29) is 0 Å². The fourth-order valence-corrected chi connectivity index (χ4v) is 2.86. The summed E-state index contributed by atoms with van der Waals surface area (Å²) in [5.41, 5.74) is 0.442. The Morgan fingerprint density at radius 1 is 1.20 bits per heavy atom. The predicted molar refractivity (Wildman–Crippen MR) is 60.7 cm³/mol. The van der Waals surface area contributed by atoms with E-state index in [4.69, 9.17) is 4.74 Å². The predicted octanol–water partition coefficient (Wildman–Crippen LogP) is 2.05. The Kier molecular flexibility index (Phi) is 2.52. The van der Waals surface area contributed by atoms with Gasteiger partial charge in [-0.25, -0.2) is 0 Å². The summed E-state index contributed by atoms with van der Waals surface area (Å²) in [4.78, 5) is 0. The molecule has 0 aromatic heterocycles. The van der Waals surface area contributed by atoms with Crippen LogP contribution >= 0.6 is 0 Å². The van der Waals surface area contributed by atoms with Crippen LogP contribution in [0.25, 0.3) is 0 Å². The van der Waals surface area contributed by atoms with Crippen LogP contribution in [0.4, 0.5) is 0 Å². The molecule has 0 bridgehead atoms. The van der Waals surface area contributed by atoms with Crippen LogP contribution in [0.3, 0.4) is 0 Å². The van der Waals surface area contributed by atoms with Gasteiger partial charge in [0.1, 0.15) is 0 Å². The zero-order valence-electron chi connectivity index (χ0n) is 9.80. The summed E-state index contributed by atoms with van der Waals surface area (Å²) < 4.78 is 5.27. The topological polar surface area (TPSA) is 21.3 Å². The van der Waals surface area contributed by atoms with Crippen molar-refractivity contribution in [2.75, 3.05) is 26.3 Å². The molecule has 1 aliphatic heterocycles. The van der Waals surface area contributed by atoms with Crippen molar-refractivity contribution in [2.24, 2.45) is 23.2 Å². The van der Waals surface area contributed by atoms with Gasteiger partial charge in [-0.15, -0.1) is 0 Å². The average molecular weight is 209 g/mol. The summed E-state index contributed by atoms with van der Waals surface area (Å²) in [6.45, 7) is 6.66. The van der Waals surface area contributed by atoms with Gasteiger partial charge in [-0.1, -0.05) is 6.92 Å². The Hall–Kier alpha value is -0.0800. The number of nitrogens with one attached hydrogen (secondary N) is 1. The highest BCUT2D eigenvalue weighted by atomic mass is 16.5. The lowest BCUT2D eigenvalue weighted by Gasteiger charge is -2.38. The number of rotatable bonds is 6. The zero-order chi connectivity index (χ0) is 10.3. The third kappa shape index (κ3) is 2.36. The van der Waals surface area contributed by atoms with E-state index >= 15 is 0 Å². The van der Waals surface area contributed by atoms with Crippen LogP contribution < -0.4 is 5.32 Å². The van der Waals surface area contributed by atoms with E-state index in [2.05, 4.69) is 12.2 Å². The lowest BCUT2D eigenvalue weighted by Crippen LogP contribution is -2.48. The molecule has 0 radical (unpaired) electrons. The van der Waals surface area contributed by atoms with Gasteiger partial charge in [0, 0.05) is 12.0 Å². The Morgan fingerprint density at radius 3 is 2.20 bits per heavy atom. The number of ether oxygens (including phenoxy) is 1. The van der Waals surface area contributed by atoms with Crippen molar-refractivity contribution in [3.05, 3.63) is 0 Å². The maximum Gasteiger partial charge on any atom is 0.0554 e. The molecule has 3 aliphatic rings. The van der Waals surface area contributed by atoms with Gasteiger partial charge in [0.05, 0.1) is 13.2 Å². The molecule has 2 aliphatic carbocycles. The summed E-state index contributed by atoms with van der Waals surface area (Å²) in [5.74, 6) is 3.17. The summed E-state index contributed by atoms with van der Waals surface area (Å²) in [6, 6.07) is 0. The first-order valence-electron chi connectivity index (χ1n) is 6.55. The first-order chi connectivity index (χ1) is 7.27. The largest absolute Gasteiger partial charge is 0.380 e. The van der Waals surface area contributed by atoms with Crippen LogP contribution in [0.1, 0.15) is 32.6 Å². The van der Waals surface area contributed by atoms with E-state index in [1.165, 1.54) is 32.2 Å². The number of hydrogen-bond acceptors (Lipinski definition) is 2. The van der Waals surface area contributed by atoms with Crippen molar-refractivity contribution in [1.82, 2.24) is 5.32 Å². The molecule has 1 N–H and O–H groups in total. The van der Waals surface area contributed by atoms with Crippen molar-refractivity contribution in [3.8, 4) is 0 Å². The summed E-state index contributed by atoms with van der Waals surface area (Å²) >= 11 is 0. The van der Waals surface area contributed by atoms with Gasteiger partial charge in [-0.05, 0) is 50.0 Å². The highest BCUT2D eigenvalue weighted by Crippen LogP contribution is 2.48. The van der Waals surface area contributed by atoms with Crippen molar-refractivity contribution < 1.29 is 4.74 Å². The van der Waals surface area contributed by atoms with Crippen LogP contribution in [0.5, 0.6) is 0 Å². The monoisotopic (exact) mass is 209 g/mol. The normalized spacial score (nSPS) is 29.2. The molecule has 0 unspecified atom stereocenters. The molecule has 0 atom stereocenters. The fraction of sp³-hybridized carbons (Fsp3) is 1.00. The van der Waals surface area contributed by atoms with E-state index in [0.29, 0.717) is 5.41 Å². The molecule has 1 saturated heterocycles. The highest BCUT2D eigenvalue weighted by molar-refractivity contribution is 4.93. The Bertz CT molecular complexity index is 217. The van der Waals surface area contributed by atoms with Gasteiger partial charge in [0.2, 0.25) is 0 Å². The van der Waals surface area contributed by atoms with Gasteiger partial charge >= 0.3 is 0 Å².